The number of hydrogen-bond donors (Lipinski definition) is 0. The molecule has 0 radical (unpaired) electrons. The van der Waals surface area contributed by atoms with Gasteiger partial charge in [-0.05, 0) is 36.4 Å². The summed E-state index contributed by atoms with van der Waals surface area (Å²) in [4.78, 5) is 46.8. The average Bonchev–Trinajstić information content (AvgIpc) is 3.19. The van der Waals surface area contributed by atoms with E-state index in [0.717, 1.165) is 5.01 Å². The average molecular weight is 470 g/mol. The van der Waals surface area contributed by atoms with Gasteiger partial charge in [0.15, 0.2) is 11.5 Å². The van der Waals surface area contributed by atoms with Crippen LogP contribution in [0.5, 0.6) is 23.0 Å². The van der Waals surface area contributed by atoms with Gasteiger partial charge < -0.3 is 23.7 Å². The molecular weight excluding hydrogens is 448 g/mol. The van der Waals surface area contributed by atoms with Gasteiger partial charge >= 0.3 is 17.9 Å². The van der Waals surface area contributed by atoms with E-state index >= 15 is 0 Å². The lowest BCUT2D eigenvalue weighted by Crippen LogP contribution is -2.25. The largest absolute Gasteiger partial charge is 0.493 e. The molecule has 178 valence electrons. The zero-order valence-electron chi connectivity index (χ0n) is 19.1. The Balaban J connectivity index is 2.04. The molecule has 1 aliphatic heterocycles. The minimum atomic E-state index is -1.03. The van der Waals surface area contributed by atoms with E-state index in [1.807, 2.05) is 0 Å². The number of carbonyl (C=O) groups excluding carboxylic acids is 4. The van der Waals surface area contributed by atoms with Crippen molar-refractivity contribution in [3.8, 4) is 23.0 Å². The molecule has 34 heavy (non-hydrogen) atoms. The number of hydrazone groups is 1. The van der Waals surface area contributed by atoms with Crippen molar-refractivity contribution in [3.63, 3.8) is 0 Å². The molecule has 0 aromatic heterocycles. The Morgan fingerprint density at radius 3 is 2.03 bits per heavy atom. The zero-order chi connectivity index (χ0) is 25.0. The van der Waals surface area contributed by atoms with Crippen LogP contribution in [0.4, 0.5) is 0 Å². The normalized spacial score (nSPS) is 14.6. The third-order valence-electron chi connectivity index (χ3n) is 4.39. The van der Waals surface area contributed by atoms with Crippen LogP contribution in [0.3, 0.4) is 0 Å². The fraction of sp³-hybridized carbons (Fsp3) is 0.261. The van der Waals surface area contributed by atoms with Crippen LogP contribution in [-0.2, 0) is 23.9 Å². The molecule has 1 unspecified atom stereocenters. The maximum Gasteiger partial charge on any atom is 0.308 e. The number of ether oxygens (including phenoxy) is 5. The van der Waals surface area contributed by atoms with Crippen molar-refractivity contribution in [1.82, 2.24) is 5.01 Å². The summed E-state index contributed by atoms with van der Waals surface area (Å²) >= 11 is 0. The number of nitrogens with zero attached hydrogens (tertiary/aromatic N) is 2. The van der Waals surface area contributed by atoms with Crippen molar-refractivity contribution in [3.05, 3.63) is 47.5 Å². The van der Waals surface area contributed by atoms with E-state index in [1.165, 1.54) is 59.1 Å². The molecule has 0 aliphatic carbocycles. The van der Waals surface area contributed by atoms with Crippen molar-refractivity contribution >= 4 is 29.7 Å². The van der Waals surface area contributed by atoms with Crippen molar-refractivity contribution in [2.24, 2.45) is 5.10 Å². The Morgan fingerprint density at radius 2 is 1.44 bits per heavy atom. The molecule has 2 aromatic rings. The Labute approximate surface area is 194 Å². The fourth-order valence-corrected chi connectivity index (χ4v) is 3.12. The second-order valence-electron chi connectivity index (χ2n) is 7.09. The Kier molecular flexibility index (Phi) is 7.15. The Morgan fingerprint density at radius 1 is 0.824 bits per heavy atom. The summed E-state index contributed by atoms with van der Waals surface area (Å²) in [5, 5.41) is 5.32. The first-order chi connectivity index (χ1) is 16.1. The van der Waals surface area contributed by atoms with Crippen LogP contribution in [0, 0.1) is 0 Å². The molecular formula is C23H22N2O9. The number of benzene rings is 2. The Bertz CT molecular complexity index is 1190. The van der Waals surface area contributed by atoms with Gasteiger partial charge in [-0.2, -0.15) is 5.01 Å². The first-order valence-electron chi connectivity index (χ1n) is 10.0. The number of rotatable bonds is 6. The van der Waals surface area contributed by atoms with Crippen molar-refractivity contribution < 1.29 is 42.9 Å². The molecule has 1 amide bonds. The summed E-state index contributed by atoms with van der Waals surface area (Å²) in [6, 6.07) is 8.91. The van der Waals surface area contributed by atoms with Crippen LogP contribution in [-0.4, -0.2) is 41.8 Å². The minimum absolute atomic E-state index is 0.0599. The molecule has 1 heterocycles. The van der Waals surface area contributed by atoms with Gasteiger partial charge in [0, 0.05) is 33.3 Å². The highest BCUT2D eigenvalue weighted by Gasteiger charge is 2.35. The predicted octanol–water partition coefficient (Wildman–Crippen LogP) is 2.71. The number of hydrogen-bond acceptors (Lipinski definition) is 10. The summed E-state index contributed by atoms with van der Waals surface area (Å²) in [5.41, 5.74) is 0.604. The van der Waals surface area contributed by atoms with E-state index < -0.39 is 30.0 Å². The van der Waals surface area contributed by atoms with E-state index in [4.69, 9.17) is 23.7 Å². The molecule has 1 atom stereocenters. The van der Waals surface area contributed by atoms with Crippen LogP contribution in [0.2, 0.25) is 0 Å². The highest BCUT2D eigenvalue weighted by atomic mass is 16.6. The van der Waals surface area contributed by atoms with E-state index in [2.05, 4.69) is 5.10 Å². The molecule has 0 bridgehead atoms. The van der Waals surface area contributed by atoms with Gasteiger partial charge in [-0.15, -0.1) is 5.10 Å². The van der Waals surface area contributed by atoms with E-state index in [1.54, 1.807) is 12.1 Å². The number of esters is 3. The summed E-state index contributed by atoms with van der Waals surface area (Å²) in [6.07, 6.45) is -1.03. The summed E-state index contributed by atoms with van der Waals surface area (Å²) in [6.45, 7) is 5.00. The smallest absolute Gasteiger partial charge is 0.308 e. The third kappa shape index (κ3) is 5.49. The van der Waals surface area contributed by atoms with Crippen molar-refractivity contribution in [2.75, 3.05) is 7.11 Å². The van der Waals surface area contributed by atoms with Gasteiger partial charge in [0.05, 0.1) is 12.7 Å². The van der Waals surface area contributed by atoms with E-state index in [9.17, 15) is 19.2 Å². The standard InChI is InChI=1S/C23H22N2O9/c1-12(26)25-23(16-6-8-20(30-5)21(10-16)33-15(4)29)34-22(24-25)18-11-17(31-13(2)27)7-9-19(18)32-14(3)28/h6-11,23H,1-5H3. The molecule has 1 aliphatic rings. The molecule has 11 nitrogen and oxygen atoms in total. The number of carbonyl (C=O) groups is 4. The maximum atomic E-state index is 12.3. The minimum Gasteiger partial charge on any atom is -0.493 e. The van der Waals surface area contributed by atoms with E-state index in [0.29, 0.717) is 11.3 Å². The van der Waals surface area contributed by atoms with E-state index in [-0.39, 0.29) is 28.7 Å². The van der Waals surface area contributed by atoms with Gasteiger partial charge in [0.2, 0.25) is 18.0 Å². The molecule has 3 rings (SSSR count). The first-order valence-corrected chi connectivity index (χ1v) is 10.0. The monoisotopic (exact) mass is 470 g/mol. The lowest BCUT2D eigenvalue weighted by molar-refractivity contribution is -0.135. The van der Waals surface area contributed by atoms with Crippen LogP contribution < -0.4 is 18.9 Å². The first kappa shape index (κ1) is 24.2. The summed E-state index contributed by atoms with van der Waals surface area (Å²) in [5.74, 6) is -1.54. The highest BCUT2D eigenvalue weighted by Crippen LogP contribution is 2.37. The summed E-state index contributed by atoms with van der Waals surface area (Å²) < 4.78 is 26.7. The molecule has 11 heteroatoms. The van der Waals surface area contributed by atoms with Crippen LogP contribution in [0.25, 0.3) is 0 Å². The lowest BCUT2D eigenvalue weighted by Gasteiger charge is -2.20. The Hall–Kier alpha value is -4.41. The molecule has 0 saturated carbocycles. The maximum absolute atomic E-state index is 12.3. The predicted molar refractivity (Wildman–Crippen MR) is 116 cm³/mol. The molecule has 0 N–H and O–H groups in total. The van der Waals surface area contributed by atoms with Crippen LogP contribution in [0.1, 0.15) is 45.0 Å². The second kappa shape index (κ2) is 10.0. The van der Waals surface area contributed by atoms with Gasteiger partial charge in [-0.1, -0.05) is 0 Å². The lowest BCUT2D eigenvalue weighted by atomic mass is 10.1. The van der Waals surface area contributed by atoms with Crippen LogP contribution >= 0.6 is 0 Å². The van der Waals surface area contributed by atoms with Gasteiger partial charge in [-0.25, -0.2) is 0 Å². The molecule has 0 saturated heterocycles. The third-order valence-corrected chi connectivity index (χ3v) is 4.39. The second-order valence-corrected chi connectivity index (χ2v) is 7.09. The highest BCUT2D eigenvalue weighted by molar-refractivity contribution is 6.00. The summed E-state index contributed by atoms with van der Waals surface area (Å²) in [7, 11) is 1.42. The van der Waals surface area contributed by atoms with Crippen molar-refractivity contribution in [2.45, 2.75) is 33.9 Å². The van der Waals surface area contributed by atoms with Gasteiger partial charge in [-0.3, -0.25) is 19.2 Å². The van der Waals surface area contributed by atoms with Crippen molar-refractivity contribution in [1.29, 1.82) is 0 Å². The molecule has 0 spiro atoms. The molecule has 0 fully saturated rings. The number of methoxy groups -OCH3 is 1. The molecule has 2 aromatic carbocycles. The zero-order valence-corrected chi connectivity index (χ0v) is 19.1. The topological polar surface area (TPSA) is 130 Å². The fourth-order valence-electron chi connectivity index (χ4n) is 3.12. The van der Waals surface area contributed by atoms with Crippen LogP contribution in [0.15, 0.2) is 41.5 Å². The van der Waals surface area contributed by atoms with Gasteiger partial charge in [0.1, 0.15) is 11.5 Å². The number of amides is 1. The quantitative estimate of drug-likeness (QED) is 0.462. The van der Waals surface area contributed by atoms with Gasteiger partial charge in [0.25, 0.3) is 0 Å². The SMILES string of the molecule is COc1ccc(C2OC(c3cc(OC(C)=O)ccc3OC(C)=O)=NN2C(C)=O)cc1OC(C)=O.